The molecule has 0 aromatic heterocycles. The van der Waals surface area contributed by atoms with Crippen LogP contribution in [0.25, 0.3) is 0 Å². The summed E-state index contributed by atoms with van der Waals surface area (Å²) in [5.41, 5.74) is 0. The molecule has 0 atom stereocenters. The molecule has 0 aliphatic rings. The zero-order valence-corrected chi connectivity index (χ0v) is 24.3. The van der Waals surface area contributed by atoms with Gasteiger partial charge in [-0.05, 0) is 23.4 Å². The largest absolute Gasteiger partial charge is 1.00 e. The van der Waals surface area contributed by atoms with E-state index in [-0.39, 0.29) is 80.0 Å². The van der Waals surface area contributed by atoms with E-state index in [9.17, 15) is 32.3 Å². The van der Waals surface area contributed by atoms with Gasteiger partial charge in [-0.15, -0.1) is 0 Å². The number of hydrogen-bond acceptors (Lipinski definition) is 6. The summed E-state index contributed by atoms with van der Waals surface area (Å²) in [6.07, 6.45) is 2.92. The van der Waals surface area contributed by atoms with E-state index in [1.807, 2.05) is 47.6 Å². The Morgan fingerprint density at radius 2 is 1.18 bits per heavy atom. The fraction of sp³-hybridized carbons (Fsp3) is 0.706. The molecule has 0 aromatic carbocycles. The first-order chi connectivity index (χ1) is 14.5. The van der Waals surface area contributed by atoms with Crippen molar-refractivity contribution in [3.05, 3.63) is 0 Å². The van der Waals surface area contributed by atoms with Crippen molar-refractivity contribution in [3.8, 4) is 0 Å². The van der Waals surface area contributed by atoms with E-state index in [0.717, 1.165) is 0 Å². The Hall–Kier alpha value is -0.700. The number of nitrogens with one attached hydrogen (secondary N) is 2. The van der Waals surface area contributed by atoms with Crippen LogP contribution >= 0.6 is 34.4 Å². The normalized spacial score (nSPS) is 8.97. The number of amides is 2. The zero-order valence-electron chi connectivity index (χ0n) is 18.3. The Balaban J connectivity index is -0.0000000813. The average Bonchev–Trinajstić information content (AvgIpc) is 2.61. The van der Waals surface area contributed by atoms with Gasteiger partial charge in [-0.3, -0.25) is 19.2 Å². The topological polar surface area (TPSA) is 170 Å². The number of carboxylic acids is 3. The van der Waals surface area contributed by atoms with Crippen LogP contribution in [0.15, 0.2) is 0 Å². The minimum absolute atomic E-state index is 0. The molecule has 0 aliphatic heterocycles. The summed E-state index contributed by atoms with van der Waals surface area (Å²) >= 11 is 3.66. The van der Waals surface area contributed by atoms with Crippen molar-refractivity contribution in [2.75, 3.05) is 48.3 Å². The molecule has 0 heterocycles. The molecule has 0 fully saturated rings. The molecule has 0 aliphatic carbocycles. The number of halogens is 5. The van der Waals surface area contributed by atoms with Crippen molar-refractivity contribution in [1.82, 2.24) is 10.6 Å². The minimum Gasteiger partial charge on any atom is -1.00 e. The lowest BCUT2D eigenvalue weighted by atomic mass is 10.4. The summed E-state index contributed by atoms with van der Waals surface area (Å²) in [6, 6.07) is 0. The van der Waals surface area contributed by atoms with Gasteiger partial charge in [0.15, 0.2) is 5.75 Å². The fourth-order valence-electron chi connectivity index (χ4n) is 0.978. The van der Waals surface area contributed by atoms with Crippen LogP contribution in [0.2, 0.25) is 0 Å². The summed E-state index contributed by atoms with van der Waals surface area (Å²) in [5.74, 6) is -4.24. The maximum absolute atomic E-state index is 10.9. The third-order valence-corrected chi connectivity index (χ3v) is 3.64. The molecule has 0 aromatic rings. The zero-order chi connectivity index (χ0) is 26.3. The molecule has 2 amide bonds. The lowest BCUT2D eigenvalue weighted by Gasteiger charge is -2.00. The molecule has 0 unspecified atom stereocenters. The van der Waals surface area contributed by atoms with Crippen molar-refractivity contribution < 1.29 is 76.4 Å². The molecule has 0 saturated heterocycles. The van der Waals surface area contributed by atoms with Crippen molar-refractivity contribution >= 4 is 75.0 Å². The third-order valence-electron chi connectivity index (χ3n) is 2.11. The van der Waals surface area contributed by atoms with Crippen LogP contribution < -0.4 is 34.6 Å². The molecule has 0 spiro atoms. The van der Waals surface area contributed by atoms with E-state index in [1.54, 1.807) is 11.8 Å². The van der Waals surface area contributed by atoms with Crippen molar-refractivity contribution in [1.29, 1.82) is 0 Å². The quantitative estimate of drug-likeness (QED) is 0.109. The highest BCUT2D eigenvalue weighted by Crippen LogP contribution is 2.13. The van der Waals surface area contributed by atoms with E-state index < -0.39 is 24.1 Å². The molecular weight excluding hydrogens is 735 g/mol. The van der Waals surface area contributed by atoms with Crippen molar-refractivity contribution in [3.63, 3.8) is 0 Å². The predicted octanol–water partition coefficient (Wildman–Crippen LogP) is -1.28. The number of carbonyl (C=O) groups excluding carboxylic acids is 2. The van der Waals surface area contributed by atoms with E-state index in [4.69, 9.17) is 20.1 Å². The molecule has 10 nitrogen and oxygen atoms in total. The Morgan fingerprint density at radius 1 is 0.882 bits per heavy atom. The summed E-state index contributed by atoms with van der Waals surface area (Å²) < 4.78 is 32.1. The van der Waals surface area contributed by atoms with Gasteiger partial charge in [0.1, 0.15) is 0 Å². The first-order valence-electron chi connectivity index (χ1n) is 8.32. The summed E-state index contributed by atoms with van der Waals surface area (Å²) in [6.45, 7) is 0.447. The Kier molecular flexibility index (Phi) is 41.6. The van der Waals surface area contributed by atoms with E-state index in [1.165, 1.54) is 0 Å². The molecule has 5 N–H and O–H groups in total. The van der Waals surface area contributed by atoms with Crippen LogP contribution in [-0.2, 0) is 34.9 Å². The minimum atomic E-state index is -5.08. The molecule has 17 heteroatoms. The molecular formula is C17H33F3I2N2O8S2. The summed E-state index contributed by atoms with van der Waals surface area (Å²) in [5, 5.41) is 28.5. The molecule has 34 heavy (non-hydrogen) atoms. The van der Waals surface area contributed by atoms with Crippen LogP contribution in [0.1, 0.15) is 20.3 Å². The average molecular weight is 768 g/mol. The maximum Gasteiger partial charge on any atom is 0.490 e. The number of carbonyl (C=O) groups is 5. The Morgan fingerprint density at radius 3 is 1.38 bits per heavy atom. The monoisotopic (exact) mass is 768 g/mol. The van der Waals surface area contributed by atoms with Crippen LogP contribution in [0.3, 0.4) is 0 Å². The van der Waals surface area contributed by atoms with Gasteiger partial charge in [-0.1, -0.05) is 30.0 Å². The lowest BCUT2D eigenvalue weighted by molar-refractivity contribution is -0.192. The van der Waals surface area contributed by atoms with Crippen LogP contribution in [0, 0.1) is 0 Å². The van der Waals surface area contributed by atoms with Gasteiger partial charge in [0.2, 0.25) is 5.91 Å². The highest BCUT2D eigenvalue weighted by atomic mass is 127. The summed E-state index contributed by atoms with van der Waals surface area (Å²) in [7, 11) is 0.0807. The highest BCUT2D eigenvalue weighted by molar-refractivity contribution is 14.1. The fourth-order valence-corrected chi connectivity index (χ4v) is 1.87. The van der Waals surface area contributed by atoms with Gasteiger partial charge < -0.3 is 49.9 Å². The number of thioether (sulfide) groups is 1. The Labute approximate surface area is 235 Å². The van der Waals surface area contributed by atoms with Crippen molar-refractivity contribution in [2.24, 2.45) is 0 Å². The highest BCUT2D eigenvalue weighted by Gasteiger charge is 2.38. The number of carboxylic acid groups (broad SMARTS) is 3. The standard InChI is InChI=1S/C7H13NO3S.C5H8INO3.C2HF3O2.C2H6S.CH4.HI/c1-12(2)5-6(9)8-4-3-7(10)11;6-3-4(8)7-2-1-5(9)10;3-2(4,5)1(6)7;1-3-2;;/h3-5H2,1-2H3,(H-,8,9,10,11);1-3H2,(H,7,8)(H,9,10);(H,6,7);1-2H3;1H4;1H. The van der Waals surface area contributed by atoms with Gasteiger partial charge in [0, 0.05) is 13.1 Å². The van der Waals surface area contributed by atoms with Gasteiger partial charge in [-0.25, -0.2) is 4.79 Å². The molecule has 0 rings (SSSR count). The smallest absolute Gasteiger partial charge is 0.490 e. The Bertz CT molecular complexity index is 573. The van der Waals surface area contributed by atoms with Crippen LogP contribution in [0.4, 0.5) is 13.2 Å². The SMILES string of the molecule is C.CSC.C[S+](C)CC(=O)NCCC(=O)O.O=C(O)C(F)(F)F.O=C(O)CCNC(=O)CI.[I-]. The molecule has 0 saturated carbocycles. The van der Waals surface area contributed by atoms with Gasteiger partial charge in [-0.2, -0.15) is 24.9 Å². The second-order valence-electron chi connectivity index (χ2n) is 5.46. The van der Waals surface area contributed by atoms with Gasteiger partial charge in [0.25, 0.3) is 5.91 Å². The number of alkyl halides is 4. The van der Waals surface area contributed by atoms with E-state index >= 15 is 0 Å². The maximum atomic E-state index is 10.9. The third kappa shape index (κ3) is 52.9. The predicted molar refractivity (Wildman–Crippen MR) is 133 cm³/mol. The number of hydrogen-bond donors (Lipinski definition) is 5. The van der Waals surface area contributed by atoms with E-state index in [0.29, 0.717) is 10.2 Å². The molecule has 0 bridgehead atoms. The van der Waals surface area contributed by atoms with Gasteiger partial charge in [0.05, 0.1) is 29.8 Å². The number of rotatable bonds is 9. The molecule has 206 valence electrons. The van der Waals surface area contributed by atoms with Gasteiger partial charge >= 0.3 is 24.1 Å². The first-order valence-corrected chi connectivity index (χ1v) is 13.7. The number of aliphatic carboxylic acids is 3. The first kappa shape index (κ1) is 46.6. The van der Waals surface area contributed by atoms with Crippen molar-refractivity contribution in [2.45, 2.75) is 26.4 Å². The second kappa shape index (κ2) is 30.3. The van der Waals surface area contributed by atoms with Crippen LogP contribution in [0.5, 0.6) is 0 Å². The molecule has 0 radical (unpaired) electrons. The summed E-state index contributed by atoms with van der Waals surface area (Å²) in [4.78, 5) is 50.3. The van der Waals surface area contributed by atoms with Crippen LogP contribution in [-0.4, -0.2) is 99.5 Å². The lowest BCUT2D eigenvalue weighted by Crippen LogP contribution is -3.00. The van der Waals surface area contributed by atoms with E-state index in [2.05, 4.69) is 10.6 Å². The second-order valence-corrected chi connectivity index (χ2v) is 9.30.